The molecule has 0 aliphatic heterocycles. The summed E-state index contributed by atoms with van der Waals surface area (Å²) in [4.78, 5) is 10.9. The molecule has 0 rings (SSSR count). The molecule has 0 fully saturated rings. The highest BCUT2D eigenvalue weighted by Crippen LogP contribution is 2.08. The van der Waals surface area contributed by atoms with Crippen LogP contribution >= 0.6 is 0 Å². The second-order valence-electron chi connectivity index (χ2n) is 4.39. The fourth-order valence-electron chi connectivity index (χ4n) is 0.870. The van der Waals surface area contributed by atoms with E-state index in [0.717, 1.165) is 0 Å². The van der Waals surface area contributed by atoms with Crippen molar-refractivity contribution in [2.75, 3.05) is 6.61 Å². The third-order valence-electron chi connectivity index (χ3n) is 1.72. The Morgan fingerprint density at radius 1 is 1.57 bits per heavy atom. The van der Waals surface area contributed by atoms with Gasteiger partial charge in [0.25, 0.3) is 0 Å². The zero-order chi connectivity index (χ0) is 11.2. The molecular formula is C11H21NO2. The van der Waals surface area contributed by atoms with E-state index in [4.69, 9.17) is 10.5 Å². The maximum atomic E-state index is 10.9. The van der Waals surface area contributed by atoms with Crippen molar-refractivity contribution in [3.8, 4) is 0 Å². The Hall–Kier alpha value is -0.670. The molecule has 0 saturated carbocycles. The molecule has 0 radical (unpaired) electrons. The van der Waals surface area contributed by atoms with E-state index in [1.807, 2.05) is 20.8 Å². The van der Waals surface area contributed by atoms with Crippen LogP contribution in [0.25, 0.3) is 0 Å². The van der Waals surface area contributed by atoms with Crippen LogP contribution in [0.1, 0.15) is 33.6 Å². The van der Waals surface area contributed by atoms with Crippen molar-refractivity contribution < 1.29 is 9.53 Å². The zero-order valence-corrected chi connectivity index (χ0v) is 9.38. The molecule has 0 bridgehead atoms. The van der Waals surface area contributed by atoms with Gasteiger partial charge in [-0.05, 0) is 33.3 Å². The van der Waals surface area contributed by atoms with Gasteiger partial charge in [0.15, 0.2) is 5.78 Å². The van der Waals surface area contributed by atoms with Crippen LogP contribution in [0.15, 0.2) is 12.7 Å². The average Bonchev–Trinajstić information content (AvgIpc) is 2.09. The van der Waals surface area contributed by atoms with Crippen LogP contribution in [0.5, 0.6) is 0 Å². The molecule has 14 heavy (non-hydrogen) atoms. The summed E-state index contributed by atoms with van der Waals surface area (Å²) in [7, 11) is 0. The first kappa shape index (κ1) is 13.3. The molecule has 0 amide bonds. The summed E-state index contributed by atoms with van der Waals surface area (Å²) in [6.07, 6.45) is 2.44. The van der Waals surface area contributed by atoms with Gasteiger partial charge in [0.1, 0.15) is 0 Å². The summed E-state index contributed by atoms with van der Waals surface area (Å²) in [5.41, 5.74) is 5.61. The van der Waals surface area contributed by atoms with Crippen LogP contribution in [0.2, 0.25) is 0 Å². The van der Waals surface area contributed by atoms with Crippen LogP contribution in [0.4, 0.5) is 0 Å². The van der Waals surface area contributed by atoms with Gasteiger partial charge in [0, 0.05) is 12.5 Å². The molecule has 0 heterocycles. The fraction of sp³-hybridized carbons (Fsp3) is 0.727. The lowest BCUT2D eigenvalue weighted by molar-refractivity contribution is -0.114. The van der Waals surface area contributed by atoms with Crippen molar-refractivity contribution in [3.05, 3.63) is 12.7 Å². The molecule has 0 aromatic heterocycles. The molecule has 0 aromatic rings. The Labute approximate surface area is 86.3 Å². The number of carbonyl (C=O) groups is 1. The number of rotatable bonds is 6. The predicted octanol–water partition coefficient (Wildman–Crippen LogP) is 1.66. The van der Waals surface area contributed by atoms with Gasteiger partial charge >= 0.3 is 0 Å². The maximum absolute atomic E-state index is 10.9. The molecular weight excluding hydrogens is 178 g/mol. The molecule has 0 spiro atoms. The minimum absolute atomic E-state index is 0.0382. The quantitative estimate of drug-likeness (QED) is 0.662. The van der Waals surface area contributed by atoms with E-state index in [-0.39, 0.29) is 17.4 Å². The van der Waals surface area contributed by atoms with Crippen LogP contribution < -0.4 is 5.73 Å². The summed E-state index contributed by atoms with van der Waals surface area (Å²) < 4.78 is 5.49. The molecule has 1 atom stereocenters. The number of hydrogen-bond acceptors (Lipinski definition) is 3. The van der Waals surface area contributed by atoms with E-state index in [1.165, 1.54) is 6.08 Å². The molecule has 2 N–H and O–H groups in total. The van der Waals surface area contributed by atoms with E-state index < -0.39 is 0 Å². The van der Waals surface area contributed by atoms with Gasteiger partial charge in [-0.15, -0.1) is 0 Å². The standard InChI is InChI=1S/C11H21NO2/c1-5-10(13)7-6-9(12)8-14-11(2,3)4/h5,9H,1,6-8,12H2,2-4H3. The highest BCUT2D eigenvalue weighted by molar-refractivity contribution is 5.88. The van der Waals surface area contributed by atoms with Crippen LogP contribution in [-0.2, 0) is 9.53 Å². The van der Waals surface area contributed by atoms with Gasteiger partial charge in [-0.1, -0.05) is 6.58 Å². The first-order chi connectivity index (χ1) is 6.35. The Balaban J connectivity index is 3.61. The zero-order valence-electron chi connectivity index (χ0n) is 9.38. The summed E-state index contributed by atoms with van der Waals surface area (Å²) in [6, 6.07) is -0.0712. The Morgan fingerprint density at radius 3 is 2.57 bits per heavy atom. The van der Waals surface area contributed by atoms with Crippen molar-refractivity contribution in [1.29, 1.82) is 0 Å². The van der Waals surface area contributed by atoms with Gasteiger partial charge < -0.3 is 10.5 Å². The molecule has 82 valence electrons. The number of ether oxygens (including phenoxy) is 1. The summed E-state index contributed by atoms with van der Waals surface area (Å²) >= 11 is 0. The third kappa shape index (κ3) is 7.95. The number of ketones is 1. The van der Waals surface area contributed by atoms with E-state index in [1.54, 1.807) is 0 Å². The second-order valence-corrected chi connectivity index (χ2v) is 4.39. The lowest BCUT2D eigenvalue weighted by atomic mass is 10.1. The van der Waals surface area contributed by atoms with Gasteiger partial charge in [-0.2, -0.15) is 0 Å². The van der Waals surface area contributed by atoms with Gasteiger partial charge in [-0.3, -0.25) is 4.79 Å². The van der Waals surface area contributed by atoms with Crippen LogP contribution in [0.3, 0.4) is 0 Å². The van der Waals surface area contributed by atoms with E-state index >= 15 is 0 Å². The predicted molar refractivity (Wildman–Crippen MR) is 58.1 cm³/mol. The molecule has 0 aromatic carbocycles. The number of nitrogens with two attached hydrogens (primary N) is 1. The van der Waals surface area contributed by atoms with Crippen molar-refractivity contribution in [1.82, 2.24) is 0 Å². The summed E-state index contributed by atoms with van der Waals surface area (Å²) in [5.74, 6) is 0.0382. The van der Waals surface area contributed by atoms with E-state index in [2.05, 4.69) is 6.58 Å². The lowest BCUT2D eigenvalue weighted by Crippen LogP contribution is -2.32. The summed E-state index contributed by atoms with van der Waals surface area (Å²) in [5, 5.41) is 0. The van der Waals surface area contributed by atoms with Gasteiger partial charge in [-0.25, -0.2) is 0 Å². The largest absolute Gasteiger partial charge is 0.374 e. The lowest BCUT2D eigenvalue weighted by Gasteiger charge is -2.22. The molecule has 0 saturated heterocycles. The normalized spacial score (nSPS) is 13.7. The molecule has 0 aliphatic carbocycles. The molecule has 0 aliphatic rings. The van der Waals surface area contributed by atoms with Gasteiger partial charge in [0.2, 0.25) is 0 Å². The van der Waals surface area contributed by atoms with Crippen molar-refractivity contribution in [2.24, 2.45) is 5.73 Å². The smallest absolute Gasteiger partial charge is 0.155 e. The minimum Gasteiger partial charge on any atom is -0.374 e. The van der Waals surface area contributed by atoms with Gasteiger partial charge in [0.05, 0.1) is 12.2 Å². The highest BCUT2D eigenvalue weighted by Gasteiger charge is 2.13. The first-order valence-electron chi connectivity index (χ1n) is 4.90. The topological polar surface area (TPSA) is 52.3 Å². The van der Waals surface area contributed by atoms with Crippen molar-refractivity contribution in [2.45, 2.75) is 45.3 Å². The Morgan fingerprint density at radius 2 is 2.14 bits per heavy atom. The van der Waals surface area contributed by atoms with E-state index in [9.17, 15) is 4.79 Å². The molecule has 1 unspecified atom stereocenters. The number of allylic oxidation sites excluding steroid dienone is 1. The number of carbonyl (C=O) groups excluding carboxylic acids is 1. The fourth-order valence-corrected chi connectivity index (χ4v) is 0.870. The monoisotopic (exact) mass is 199 g/mol. The third-order valence-corrected chi connectivity index (χ3v) is 1.72. The van der Waals surface area contributed by atoms with Crippen LogP contribution in [-0.4, -0.2) is 24.0 Å². The maximum Gasteiger partial charge on any atom is 0.155 e. The SMILES string of the molecule is C=CC(=O)CCC(N)COC(C)(C)C. The first-order valence-corrected chi connectivity index (χ1v) is 4.90. The van der Waals surface area contributed by atoms with Crippen molar-refractivity contribution >= 4 is 5.78 Å². The average molecular weight is 199 g/mol. The second kappa shape index (κ2) is 5.94. The number of hydrogen-bond donors (Lipinski definition) is 1. The summed E-state index contributed by atoms with van der Waals surface area (Å²) in [6.45, 7) is 9.84. The van der Waals surface area contributed by atoms with Crippen molar-refractivity contribution in [3.63, 3.8) is 0 Å². The molecule has 3 heteroatoms. The molecule has 3 nitrogen and oxygen atoms in total. The minimum atomic E-state index is -0.167. The Kier molecular flexibility index (Phi) is 5.65. The van der Waals surface area contributed by atoms with Crippen LogP contribution in [0, 0.1) is 0 Å². The van der Waals surface area contributed by atoms with E-state index in [0.29, 0.717) is 19.4 Å². The Bertz CT molecular complexity index is 194. The highest BCUT2D eigenvalue weighted by atomic mass is 16.5.